The predicted molar refractivity (Wildman–Crippen MR) is 102 cm³/mol. The number of benzene rings is 2. The summed E-state index contributed by atoms with van der Waals surface area (Å²) < 4.78 is 28.9. The van der Waals surface area contributed by atoms with E-state index in [4.69, 9.17) is 9.47 Å². The predicted octanol–water partition coefficient (Wildman–Crippen LogP) is 3.20. The molecule has 0 spiro atoms. The number of piperidine rings is 1. The molecule has 0 aliphatic carbocycles. The zero-order chi connectivity index (χ0) is 19.5. The summed E-state index contributed by atoms with van der Waals surface area (Å²) in [7, 11) is 4.44. The van der Waals surface area contributed by atoms with Gasteiger partial charge in [-0.1, -0.05) is 60.7 Å². The quantitative estimate of drug-likeness (QED) is 0.463. The molecule has 28 heavy (non-hydrogen) atoms. The Hall–Kier alpha value is -2.24. The van der Waals surface area contributed by atoms with Gasteiger partial charge in [0.2, 0.25) is 0 Å². The second kappa shape index (κ2) is 6.13. The Morgan fingerprint density at radius 2 is 1.43 bits per heavy atom. The number of hydrogen-bond donors (Lipinski definition) is 0. The van der Waals surface area contributed by atoms with Gasteiger partial charge in [0, 0.05) is 24.0 Å². The maximum Gasteiger partial charge on any atom is 0.353 e. The summed E-state index contributed by atoms with van der Waals surface area (Å²) in [6.07, 6.45) is 1.70. The van der Waals surface area contributed by atoms with E-state index in [9.17, 15) is 4.79 Å². The third-order valence-corrected chi connectivity index (χ3v) is 6.94. The number of fused-ring (bicyclic) bond motifs is 5. The number of quaternary nitrogens is 1. The van der Waals surface area contributed by atoms with Crippen LogP contribution in [-0.4, -0.2) is 54.9 Å². The lowest BCUT2D eigenvalue weighted by molar-refractivity contribution is -0.938. The molecule has 2 bridgehead atoms. The number of alkyl halides is 1. The van der Waals surface area contributed by atoms with Crippen molar-refractivity contribution in [2.45, 2.75) is 48.9 Å². The van der Waals surface area contributed by atoms with Gasteiger partial charge in [-0.3, -0.25) is 0 Å². The van der Waals surface area contributed by atoms with Crippen molar-refractivity contribution in [2.75, 3.05) is 14.1 Å². The second-order valence-electron chi connectivity index (χ2n) is 8.72. The van der Waals surface area contributed by atoms with Crippen LogP contribution in [0, 0.1) is 0 Å². The van der Waals surface area contributed by atoms with Crippen molar-refractivity contribution < 1.29 is 23.1 Å². The molecule has 0 N–H and O–H groups in total. The third kappa shape index (κ3) is 2.53. The number of morpholine rings is 1. The molecule has 3 aliphatic rings. The number of halogens is 1. The van der Waals surface area contributed by atoms with E-state index in [0.29, 0.717) is 23.2 Å². The normalized spacial score (nSPS) is 32.5. The van der Waals surface area contributed by atoms with Crippen LogP contribution in [0.4, 0.5) is 4.39 Å². The minimum atomic E-state index is -2.32. The molecular weight excluding hydrogens is 357 g/mol. The molecule has 0 radical (unpaired) electrons. The lowest BCUT2D eigenvalue weighted by Crippen LogP contribution is -2.60. The lowest BCUT2D eigenvalue weighted by Gasteiger charge is -2.45. The molecule has 5 atom stereocenters. The van der Waals surface area contributed by atoms with Crippen LogP contribution in [0.5, 0.6) is 0 Å². The van der Waals surface area contributed by atoms with E-state index in [1.807, 2.05) is 12.1 Å². The number of ether oxygens (including phenoxy) is 2. The monoisotopic (exact) mass is 382 g/mol. The highest BCUT2D eigenvalue weighted by atomic mass is 19.1. The van der Waals surface area contributed by atoms with Gasteiger partial charge < -0.3 is 14.0 Å². The van der Waals surface area contributed by atoms with Gasteiger partial charge >= 0.3 is 5.97 Å². The van der Waals surface area contributed by atoms with Gasteiger partial charge in [0.25, 0.3) is 5.67 Å². The average molecular weight is 382 g/mol. The van der Waals surface area contributed by atoms with Crippen molar-refractivity contribution >= 4 is 5.97 Å². The highest BCUT2D eigenvalue weighted by molar-refractivity contribution is 5.85. The molecule has 0 amide bonds. The summed E-state index contributed by atoms with van der Waals surface area (Å²) in [4.78, 5) is 13.2. The standard InChI is InChI=1S/C23H25FNO3/c1-25(2)18-13-17(14-19(25)21-20(18)28-21)27-22(26)23(24,15-9-5-3-6-10-15)16-11-7-4-8-12-16/h3-12,17-21H,13-14H2,1-2H3/q+1/t17?,18?,19?,20-,21?/m1/s1. The molecule has 3 heterocycles. The number of epoxide rings is 1. The topological polar surface area (TPSA) is 38.8 Å². The maximum absolute atomic E-state index is 16.3. The first-order valence-corrected chi connectivity index (χ1v) is 9.92. The largest absolute Gasteiger partial charge is 0.459 e. The molecule has 0 saturated carbocycles. The Kier molecular flexibility index (Phi) is 3.90. The summed E-state index contributed by atoms with van der Waals surface area (Å²) in [5.74, 6) is -0.823. The number of likely N-dealkylation sites (N-methyl/N-ethyl adjacent to an activating group) is 1. The van der Waals surface area contributed by atoms with Crippen LogP contribution in [0.25, 0.3) is 0 Å². The van der Waals surface area contributed by atoms with Gasteiger partial charge in [0.15, 0.2) is 0 Å². The average Bonchev–Trinajstić information content (AvgIpc) is 3.47. The fraction of sp³-hybridized carbons (Fsp3) is 0.435. The van der Waals surface area contributed by atoms with Crippen molar-refractivity contribution in [1.82, 2.24) is 0 Å². The van der Waals surface area contributed by atoms with Crippen molar-refractivity contribution in [2.24, 2.45) is 0 Å². The Morgan fingerprint density at radius 3 is 1.89 bits per heavy atom. The zero-order valence-electron chi connectivity index (χ0n) is 16.1. The van der Waals surface area contributed by atoms with E-state index >= 15 is 4.39 Å². The SMILES string of the molecule is C[N+]1(C)C2CC(OC(=O)C(F)(c3ccccc3)c3ccccc3)CC1[C@H]1OC21. The number of hydrogen-bond acceptors (Lipinski definition) is 3. The zero-order valence-corrected chi connectivity index (χ0v) is 16.1. The fourth-order valence-electron chi connectivity index (χ4n) is 5.27. The Bertz CT molecular complexity index is 826. The number of rotatable bonds is 4. The number of carbonyl (C=O) groups excluding carboxylic acids is 1. The lowest BCUT2D eigenvalue weighted by atomic mass is 9.88. The first-order chi connectivity index (χ1) is 13.4. The molecule has 2 aromatic carbocycles. The summed E-state index contributed by atoms with van der Waals surface area (Å²) in [5.41, 5.74) is -1.72. The van der Waals surface area contributed by atoms with E-state index in [0.717, 1.165) is 17.3 Å². The van der Waals surface area contributed by atoms with E-state index in [1.54, 1.807) is 48.5 Å². The molecule has 3 saturated heterocycles. The van der Waals surface area contributed by atoms with Crippen LogP contribution in [0.2, 0.25) is 0 Å². The number of nitrogens with zero attached hydrogens (tertiary/aromatic N) is 1. The molecule has 146 valence electrons. The highest BCUT2D eigenvalue weighted by Crippen LogP contribution is 2.52. The summed E-state index contributed by atoms with van der Waals surface area (Å²) >= 11 is 0. The van der Waals surface area contributed by atoms with Gasteiger partial charge in [-0.25, -0.2) is 9.18 Å². The smallest absolute Gasteiger partial charge is 0.353 e. The fourth-order valence-corrected chi connectivity index (χ4v) is 5.27. The van der Waals surface area contributed by atoms with Crippen LogP contribution < -0.4 is 0 Å². The van der Waals surface area contributed by atoms with Crippen molar-refractivity contribution in [3.05, 3.63) is 71.8 Å². The molecule has 3 fully saturated rings. The van der Waals surface area contributed by atoms with Crippen LogP contribution in [0.3, 0.4) is 0 Å². The Labute approximate surface area is 164 Å². The van der Waals surface area contributed by atoms with Gasteiger partial charge in [-0.2, -0.15) is 0 Å². The van der Waals surface area contributed by atoms with E-state index in [1.165, 1.54) is 0 Å². The Morgan fingerprint density at radius 1 is 0.964 bits per heavy atom. The molecule has 4 nitrogen and oxygen atoms in total. The van der Waals surface area contributed by atoms with Crippen LogP contribution >= 0.6 is 0 Å². The maximum atomic E-state index is 16.3. The molecule has 4 unspecified atom stereocenters. The molecule has 5 heteroatoms. The first kappa shape index (κ1) is 17.8. The minimum absolute atomic E-state index is 0.266. The Balaban J connectivity index is 1.42. The van der Waals surface area contributed by atoms with Crippen LogP contribution in [-0.2, 0) is 19.9 Å². The van der Waals surface area contributed by atoms with Gasteiger partial charge in [0.1, 0.15) is 30.4 Å². The van der Waals surface area contributed by atoms with E-state index in [-0.39, 0.29) is 18.3 Å². The summed E-state index contributed by atoms with van der Waals surface area (Å²) in [6.45, 7) is 0. The van der Waals surface area contributed by atoms with Crippen molar-refractivity contribution in [3.8, 4) is 0 Å². The van der Waals surface area contributed by atoms with E-state index < -0.39 is 11.6 Å². The number of esters is 1. The van der Waals surface area contributed by atoms with Crippen molar-refractivity contribution in [3.63, 3.8) is 0 Å². The molecule has 2 aromatic rings. The number of carbonyl (C=O) groups is 1. The summed E-state index contributed by atoms with van der Waals surface area (Å²) in [6, 6.07) is 17.8. The summed E-state index contributed by atoms with van der Waals surface area (Å²) in [5, 5.41) is 0. The van der Waals surface area contributed by atoms with Crippen LogP contribution in [0.15, 0.2) is 60.7 Å². The first-order valence-electron chi connectivity index (χ1n) is 9.92. The molecule has 3 aliphatic heterocycles. The molecular formula is C23H25FNO3+. The van der Waals surface area contributed by atoms with Crippen molar-refractivity contribution in [1.29, 1.82) is 0 Å². The van der Waals surface area contributed by atoms with Gasteiger partial charge in [-0.05, 0) is 0 Å². The van der Waals surface area contributed by atoms with E-state index in [2.05, 4.69) is 14.1 Å². The highest BCUT2D eigenvalue weighted by Gasteiger charge is 2.71. The second-order valence-corrected chi connectivity index (χ2v) is 8.72. The van der Waals surface area contributed by atoms with Gasteiger partial charge in [-0.15, -0.1) is 0 Å². The molecule has 5 rings (SSSR count). The third-order valence-electron chi connectivity index (χ3n) is 6.94. The van der Waals surface area contributed by atoms with Gasteiger partial charge in [0.05, 0.1) is 14.1 Å². The van der Waals surface area contributed by atoms with Crippen LogP contribution in [0.1, 0.15) is 24.0 Å². The molecule has 0 aromatic heterocycles. The minimum Gasteiger partial charge on any atom is -0.459 e.